The van der Waals surface area contributed by atoms with Crippen molar-refractivity contribution in [3.8, 4) is 11.4 Å². The Hall–Kier alpha value is -2.99. The summed E-state index contributed by atoms with van der Waals surface area (Å²) in [7, 11) is 0. The Labute approximate surface area is 175 Å². The van der Waals surface area contributed by atoms with E-state index in [1.54, 1.807) is 16.8 Å². The second kappa shape index (κ2) is 8.17. The predicted octanol–water partition coefficient (Wildman–Crippen LogP) is 5.16. The third-order valence-electron chi connectivity index (χ3n) is 4.48. The van der Waals surface area contributed by atoms with Gasteiger partial charge in [-0.15, -0.1) is 0 Å². The van der Waals surface area contributed by atoms with E-state index in [0.29, 0.717) is 16.4 Å². The number of amides is 2. The number of hydrogen-bond donors (Lipinski definition) is 3. The average molecular weight is 413 g/mol. The molecule has 0 saturated carbocycles. The molecule has 0 aliphatic carbocycles. The zero-order chi connectivity index (χ0) is 21.2. The molecule has 3 N–H and O–H groups in total. The minimum absolute atomic E-state index is 0.0782. The normalized spacial score (nSPS) is 11.3. The van der Waals surface area contributed by atoms with Gasteiger partial charge in [0.05, 0.1) is 11.4 Å². The summed E-state index contributed by atoms with van der Waals surface area (Å²) in [6.07, 6.45) is 0. The number of hydrogen-bond acceptors (Lipinski definition) is 3. The monoisotopic (exact) mass is 412 g/mol. The minimum atomic E-state index is -0.405. The number of carbonyl (C=O) groups is 1. The fourth-order valence-electron chi connectivity index (χ4n) is 2.75. The molecule has 2 aromatic carbocycles. The summed E-state index contributed by atoms with van der Waals surface area (Å²) in [6.45, 7) is 8.37. The van der Waals surface area contributed by atoms with Gasteiger partial charge in [0.15, 0.2) is 0 Å². The van der Waals surface area contributed by atoms with Crippen molar-refractivity contribution in [3.05, 3.63) is 70.4 Å². The van der Waals surface area contributed by atoms with Crippen LogP contribution in [0.4, 0.5) is 10.6 Å². The van der Waals surface area contributed by atoms with Crippen molar-refractivity contribution in [1.82, 2.24) is 15.1 Å². The number of carbonyl (C=O) groups excluding carboxylic acids is 1. The lowest BCUT2D eigenvalue weighted by Gasteiger charge is -2.14. The SMILES string of the molecule is Cc1ccc(-n2nc(C(C)(C)C)cc2NC(=O)NCc2cc(Cl)ccc2O)cc1. The summed E-state index contributed by atoms with van der Waals surface area (Å²) in [4.78, 5) is 12.5. The Bertz CT molecular complexity index is 1020. The Balaban J connectivity index is 1.81. The number of phenolic OH excluding ortho intramolecular Hbond substituents is 1. The Kier molecular flexibility index (Phi) is 5.84. The molecule has 0 unspecified atom stereocenters. The molecule has 29 heavy (non-hydrogen) atoms. The topological polar surface area (TPSA) is 79.2 Å². The summed E-state index contributed by atoms with van der Waals surface area (Å²) in [5.74, 6) is 0.640. The lowest BCUT2D eigenvalue weighted by atomic mass is 9.92. The van der Waals surface area contributed by atoms with Gasteiger partial charge in [-0.25, -0.2) is 9.48 Å². The molecule has 0 aliphatic heterocycles. The zero-order valence-corrected chi connectivity index (χ0v) is 17.7. The first-order chi connectivity index (χ1) is 13.6. The minimum Gasteiger partial charge on any atom is -0.508 e. The fourth-order valence-corrected chi connectivity index (χ4v) is 2.95. The number of halogens is 1. The number of aromatic nitrogens is 2. The molecule has 1 aromatic heterocycles. The molecule has 0 atom stereocenters. The molecule has 152 valence electrons. The van der Waals surface area contributed by atoms with Crippen LogP contribution in [0.3, 0.4) is 0 Å². The summed E-state index contributed by atoms with van der Waals surface area (Å²) in [6, 6.07) is 14.1. The van der Waals surface area contributed by atoms with Crippen LogP contribution in [-0.2, 0) is 12.0 Å². The third-order valence-corrected chi connectivity index (χ3v) is 4.71. The van der Waals surface area contributed by atoms with Crippen molar-refractivity contribution >= 4 is 23.4 Å². The molecule has 0 radical (unpaired) electrons. The summed E-state index contributed by atoms with van der Waals surface area (Å²) in [5.41, 5.74) is 3.23. The maximum atomic E-state index is 12.5. The number of aromatic hydroxyl groups is 1. The first kappa shape index (κ1) is 20.7. The van der Waals surface area contributed by atoms with E-state index < -0.39 is 6.03 Å². The molecule has 6 nitrogen and oxygen atoms in total. The Morgan fingerprint density at radius 3 is 2.48 bits per heavy atom. The van der Waals surface area contributed by atoms with Crippen molar-refractivity contribution in [1.29, 1.82) is 0 Å². The highest BCUT2D eigenvalue weighted by molar-refractivity contribution is 6.30. The summed E-state index contributed by atoms with van der Waals surface area (Å²) >= 11 is 5.96. The predicted molar refractivity (Wildman–Crippen MR) is 116 cm³/mol. The van der Waals surface area contributed by atoms with Crippen LogP contribution < -0.4 is 10.6 Å². The first-order valence-corrected chi connectivity index (χ1v) is 9.71. The molecule has 1 heterocycles. The van der Waals surface area contributed by atoms with Gasteiger partial charge in [0.2, 0.25) is 0 Å². The van der Waals surface area contributed by atoms with E-state index in [9.17, 15) is 9.90 Å². The van der Waals surface area contributed by atoms with Gasteiger partial charge >= 0.3 is 6.03 Å². The highest BCUT2D eigenvalue weighted by Gasteiger charge is 2.21. The Morgan fingerprint density at radius 2 is 1.83 bits per heavy atom. The number of nitrogens with one attached hydrogen (secondary N) is 2. The number of rotatable bonds is 4. The van der Waals surface area contributed by atoms with E-state index in [-0.39, 0.29) is 17.7 Å². The van der Waals surface area contributed by atoms with Crippen molar-refractivity contribution in [2.75, 3.05) is 5.32 Å². The van der Waals surface area contributed by atoms with Gasteiger partial charge < -0.3 is 10.4 Å². The van der Waals surface area contributed by atoms with E-state index in [2.05, 4.69) is 31.4 Å². The van der Waals surface area contributed by atoms with E-state index in [0.717, 1.165) is 16.9 Å². The van der Waals surface area contributed by atoms with Crippen molar-refractivity contribution in [3.63, 3.8) is 0 Å². The van der Waals surface area contributed by atoms with Gasteiger partial charge in [0.25, 0.3) is 0 Å². The second-order valence-corrected chi connectivity index (χ2v) is 8.43. The second-order valence-electron chi connectivity index (χ2n) is 7.99. The van der Waals surface area contributed by atoms with Gasteiger partial charge in [-0.2, -0.15) is 5.10 Å². The van der Waals surface area contributed by atoms with Crippen LogP contribution in [0, 0.1) is 6.92 Å². The average Bonchev–Trinajstić information content (AvgIpc) is 3.07. The lowest BCUT2D eigenvalue weighted by Crippen LogP contribution is -2.29. The maximum Gasteiger partial charge on any atom is 0.320 e. The van der Waals surface area contributed by atoms with Gasteiger partial charge in [-0.1, -0.05) is 50.1 Å². The van der Waals surface area contributed by atoms with E-state index in [1.165, 1.54) is 6.07 Å². The van der Waals surface area contributed by atoms with Crippen LogP contribution in [0.25, 0.3) is 5.69 Å². The van der Waals surface area contributed by atoms with Crippen LogP contribution in [-0.4, -0.2) is 20.9 Å². The zero-order valence-electron chi connectivity index (χ0n) is 17.0. The third kappa shape index (κ3) is 5.09. The lowest BCUT2D eigenvalue weighted by molar-refractivity contribution is 0.251. The molecule has 0 aliphatic rings. The molecular weight excluding hydrogens is 388 g/mol. The number of aryl methyl sites for hydroxylation is 1. The molecule has 0 spiro atoms. The number of nitrogens with zero attached hydrogens (tertiary/aromatic N) is 2. The molecule has 2 amide bonds. The van der Waals surface area contributed by atoms with Crippen LogP contribution in [0.1, 0.15) is 37.6 Å². The number of phenols is 1. The standard InChI is InChI=1S/C22H25ClN4O2/c1-14-5-8-17(9-6-14)27-20(12-19(26-27)22(2,3)4)25-21(29)24-13-15-11-16(23)7-10-18(15)28/h5-12,28H,13H2,1-4H3,(H2,24,25,29). The van der Waals surface area contributed by atoms with Crippen LogP contribution in [0.15, 0.2) is 48.5 Å². The molecule has 3 rings (SSSR count). The summed E-state index contributed by atoms with van der Waals surface area (Å²) in [5, 5.41) is 20.7. The van der Waals surface area contributed by atoms with Gasteiger partial charge in [0, 0.05) is 28.6 Å². The molecule has 3 aromatic rings. The van der Waals surface area contributed by atoms with E-state index in [1.807, 2.05) is 37.3 Å². The van der Waals surface area contributed by atoms with Crippen LogP contribution in [0.2, 0.25) is 5.02 Å². The number of benzene rings is 2. The van der Waals surface area contributed by atoms with Crippen molar-refractivity contribution < 1.29 is 9.90 Å². The maximum absolute atomic E-state index is 12.5. The van der Waals surface area contributed by atoms with E-state index in [4.69, 9.17) is 16.7 Å². The van der Waals surface area contributed by atoms with E-state index >= 15 is 0 Å². The van der Waals surface area contributed by atoms with Gasteiger partial charge in [-0.05, 0) is 37.3 Å². The smallest absolute Gasteiger partial charge is 0.320 e. The first-order valence-electron chi connectivity index (χ1n) is 9.33. The van der Waals surface area contributed by atoms with Gasteiger partial charge in [-0.3, -0.25) is 5.32 Å². The molecular formula is C22H25ClN4O2. The van der Waals surface area contributed by atoms with Crippen LogP contribution in [0.5, 0.6) is 5.75 Å². The van der Waals surface area contributed by atoms with Crippen LogP contribution >= 0.6 is 11.6 Å². The Morgan fingerprint density at radius 1 is 1.14 bits per heavy atom. The molecule has 7 heteroatoms. The highest BCUT2D eigenvalue weighted by Crippen LogP contribution is 2.26. The van der Waals surface area contributed by atoms with Crippen molar-refractivity contribution in [2.24, 2.45) is 0 Å². The highest BCUT2D eigenvalue weighted by atomic mass is 35.5. The largest absolute Gasteiger partial charge is 0.508 e. The summed E-state index contributed by atoms with van der Waals surface area (Å²) < 4.78 is 1.72. The quantitative estimate of drug-likeness (QED) is 0.553. The molecule has 0 fully saturated rings. The van der Waals surface area contributed by atoms with Crippen molar-refractivity contribution in [2.45, 2.75) is 39.7 Å². The fraction of sp³-hybridized carbons (Fsp3) is 0.273. The number of urea groups is 1. The van der Waals surface area contributed by atoms with Gasteiger partial charge in [0.1, 0.15) is 11.6 Å². The molecule has 0 saturated heterocycles. The molecule has 0 bridgehead atoms. The number of anilines is 1.